The Labute approximate surface area is 237 Å². The number of amides is 1. The van der Waals surface area contributed by atoms with Crippen molar-refractivity contribution in [1.29, 1.82) is 0 Å². The molecular formula is C27H30F3N3O6S2. The third-order valence-electron chi connectivity index (χ3n) is 6.41. The highest BCUT2D eigenvalue weighted by Gasteiger charge is 2.40. The molecule has 3 rings (SSSR count). The minimum Gasteiger partial charge on any atom is -0.340 e. The fraction of sp³-hybridized carbons (Fsp3) is 0.333. The molecule has 2 aromatic carbocycles. The standard InChI is InChI=1S/C27H30F3N3O6S2/c1-3-20-17-31-14-13-23(20)22-9-6-8-21(16-22)19(2)33(15-7-12-26(34)32-18-40(35,36)37)41(38,39)25-11-5-4-10-24(25)27(28,29)30/h4-6,8-11,13-14,16-17,19H,3,7,12,15,18H2,1-2H3,(H,32,34)(H,35,36,37)/t19-/m0/s1. The zero-order valence-corrected chi connectivity index (χ0v) is 23.9. The Bertz CT molecular complexity index is 1600. The van der Waals surface area contributed by atoms with Gasteiger partial charge in [-0.05, 0) is 66.3 Å². The van der Waals surface area contributed by atoms with Crippen molar-refractivity contribution in [1.82, 2.24) is 14.6 Å². The molecule has 0 aliphatic carbocycles. The third-order valence-corrected chi connectivity index (χ3v) is 8.95. The van der Waals surface area contributed by atoms with Gasteiger partial charge >= 0.3 is 6.18 Å². The maximum Gasteiger partial charge on any atom is 0.417 e. The zero-order valence-electron chi connectivity index (χ0n) is 22.3. The van der Waals surface area contributed by atoms with Crippen LogP contribution in [0, 0.1) is 0 Å². The molecule has 1 atom stereocenters. The number of nitrogens with one attached hydrogen (secondary N) is 1. The normalized spacial score (nSPS) is 13.2. The highest BCUT2D eigenvalue weighted by Crippen LogP contribution is 2.38. The molecule has 9 nitrogen and oxygen atoms in total. The molecule has 0 saturated carbocycles. The van der Waals surface area contributed by atoms with Crippen LogP contribution in [0.3, 0.4) is 0 Å². The van der Waals surface area contributed by atoms with Crippen LogP contribution in [0.4, 0.5) is 13.2 Å². The summed E-state index contributed by atoms with van der Waals surface area (Å²) in [7, 11) is -9.22. The summed E-state index contributed by atoms with van der Waals surface area (Å²) in [4.78, 5) is 15.3. The summed E-state index contributed by atoms with van der Waals surface area (Å²) in [6.07, 6.45) is -1.37. The van der Waals surface area contributed by atoms with E-state index in [-0.39, 0.29) is 19.4 Å². The van der Waals surface area contributed by atoms with Gasteiger partial charge in [-0.2, -0.15) is 25.9 Å². The Kier molecular flexibility index (Phi) is 10.3. The molecule has 1 heterocycles. The minimum absolute atomic E-state index is 0.140. The molecule has 0 aliphatic rings. The quantitative estimate of drug-likeness (QED) is 0.280. The van der Waals surface area contributed by atoms with Crippen molar-refractivity contribution in [2.75, 3.05) is 12.4 Å². The van der Waals surface area contributed by atoms with Gasteiger partial charge in [0.05, 0.1) is 10.5 Å². The second-order valence-electron chi connectivity index (χ2n) is 9.23. The van der Waals surface area contributed by atoms with Gasteiger partial charge in [0.1, 0.15) is 5.88 Å². The van der Waals surface area contributed by atoms with Crippen LogP contribution in [0.25, 0.3) is 11.1 Å². The number of halogens is 3. The Morgan fingerprint density at radius 1 is 1.07 bits per heavy atom. The van der Waals surface area contributed by atoms with Gasteiger partial charge in [-0.15, -0.1) is 0 Å². The largest absolute Gasteiger partial charge is 0.417 e. The lowest BCUT2D eigenvalue weighted by atomic mass is 9.97. The highest BCUT2D eigenvalue weighted by atomic mass is 32.2. The lowest BCUT2D eigenvalue weighted by molar-refractivity contribution is -0.140. The number of hydrogen-bond acceptors (Lipinski definition) is 6. The number of rotatable bonds is 12. The topological polar surface area (TPSA) is 134 Å². The molecule has 0 saturated heterocycles. The number of carbonyl (C=O) groups is 1. The summed E-state index contributed by atoms with van der Waals surface area (Å²) < 4.78 is 101. The Balaban J connectivity index is 2.01. The number of aryl methyl sites for hydroxylation is 1. The highest BCUT2D eigenvalue weighted by molar-refractivity contribution is 7.89. The first-order chi connectivity index (χ1) is 19.1. The number of hydrogen-bond donors (Lipinski definition) is 2. The van der Waals surface area contributed by atoms with Crippen LogP contribution in [-0.4, -0.2) is 49.0 Å². The second-order valence-corrected chi connectivity index (χ2v) is 12.5. The van der Waals surface area contributed by atoms with Crippen LogP contribution in [0.2, 0.25) is 0 Å². The molecule has 0 unspecified atom stereocenters. The van der Waals surface area contributed by atoms with E-state index >= 15 is 0 Å². The molecule has 2 N–H and O–H groups in total. The summed E-state index contributed by atoms with van der Waals surface area (Å²) in [5.41, 5.74) is 1.79. The van der Waals surface area contributed by atoms with Crippen molar-refractivity contribution >= 4 is 26.0 Å². The first kappa shape index (κ1) is 32.2. The third kappa shape index (κ3) is 8.35. The number of alkyl halides is 3. The van der Waals surface area contributed by atoms with Crippen molar-refractivity contribution in [2.24, 2.45) is 0 Å². The van der Waals surface area contributed by atoms with Gasteiger partial charge in [0.25, 0.3) is 10.1 Å². The molecule has 0 spiro atoms. The minimum atomic E-state index is -4.94. The number of carbonyl (C=O) groups excluding carboxylic acids is 1. The molecule has 41 heavy (non-hydrogen) atoms. The predicted molar refractivity (Wildman–Crippen MR) is 147 cm³/mol. The molecule has 3 aromatic rings. The number of nitrogens with zero attached hydrogens (tertiary/aromatic N) is 2. The number of sulfonamides is 1. The summed E-state index contributed by atoms with van der Waals surface area (Å²) in [5.74, 6) is -1.81. The van der Waals surface area contributed by atoms with Gasteiger partial charge in [-0.25, -0.2) is 8.42 Å². The van der Waals surface area contributed by atoms with Crippen molar-refractivity contribution in [3.63, 3.8) is 0 Å². The first-order valence-corrected chi connectivity index (χ1v) is 15.6. The van der Waals surface area contributed by atoms with Crippen molar-refractivity contribution in [3.8, 4) is 11.1 Å². The van der Waals surface area contributed by atoms with Gasteiger partial charge < -0.3 is 5.32 Å². The summed E-state index contributed by atoms with van der Waals surface area (Å²) >= 11 is 0. The maximum absolute atomic E-state index is 13.8. The molecule has 1 aromatic heterocycles. The maximum atomic E-state index is 13.8. The first-order valence-electron chi connectivity index (χ1n) is 12.6. The second kappa shape index (κ2) is 13.1. The molecule has 14 heteroatoms. The fourth-order valence-corrected chi connectivity index (χ4v) is 6.57. The van der Waals surface area contributed by atoms with Crippen LogP contribution >= 0.6 is 0 Å². The summed E-state index contributed by atoms with van der Waals surface area (Å²) in [6, 6.07) is 11.7. The van der Waals surface area contributed by atoms with Gasteiger partial charge in [0.15, 0.2) is 0 Å². The van der Waals surface area contributed by atoms with Gasteiger partial charge in [0, 0.05) is 31.4 Å². The van der Waals surface area contributed by atoms with Gasteiger partial charge in [-0.1, -0.05) is 37.3 Å². The average Bonchev–Trinajstić information content (AvgIpc) is 2.93. The monoisotopic (exact) mass is 613 g/mol. The van der Waals surface area contributed by atoms with E-state index in [1.54, 1.807) is 37.5 Å². The van der Waals surface area contributed by atoms with E-state index in [1.165, 1.54) is 6.07 Å². The predicted octanol–water partition coefficient (Wildman–Crippen LogP) is 4.82. The summed E-state index contributed by atoms with van der Waals surface area (Å²) in [5, 5.41) is 1.99. The van der Waals surface area contributed by atoms with Gasteiger partial charge in [0.2, 0.25) is 15.9 Å². The van der Waals surface area contributed by atoms with Crippen molar-refractivity contribution in [2.45, 2.75) is 50.2 Å². The van der Waals surface area contributed by atoms with E-state index in [0.717, 1.165) is 33.1 Å². The van der Waals surface area contributed by atoms with Crippen molar-refractivity contribution in [3.05, 3.63) is 83.7 Å². The van der Waals surface area contributed by atoms with E-state index in [0.29, 0.717) is 18.1 Å². The Morgan fingerprint density at radius 2 is 1.78 bits per heavy atom. The van der Waals surface area contributed by atoms with E-state index in [4.69, 9.17) is 4.55 Å². The molecule has 0 aliphatic heterocycles. The lowest BCUT2D eigenvalue weighted by Crippen LogP contribution is -2.36. The van der Waals surface area contributed by atoms with Crippen LogP contribution in [-0.2, 0) is 37.5 Å². The molecule has 0 bridgehead atoms. The SMILES string of the molecule is CCc1cnccc1-c1cccc([C@H](C)N(CCCC(=O)NCS(=O)(=O)O)S(=O)(=O)c2ccccc2C(F)(F)F)c1. The number of benzene rings is 2. The molecule has 0 fully saturated rings. The summed E-state index contributed by atoms with van der Waals surface area (Å²) in [6.45, 7) is 3.15. The van der Waals surface area contributed by atoms with E-state index in [9.17, 15) is 34.8 Å². The van der Waals surface area contributed by atoms with Crippen LogP contribution in [0.1, 0.15) is 49.4 Å². The van der Waals surface area contributed by atoms with E-state index in [2.05, 4.69) is 4.98 Å². The van der Waals surface area contributed by atoms with Crippen LogP contribution in [0.15, 0.2) is 71.9 Å². The average molecular weight is 614 g/mol. The molecule has 1 amide bonds. The van der Waals surface area contributed by atoms with E-state index in [1.807, 2.05) is 24.4 Å². The fourth-order valence-electron chi connectivity index (χ4n) is 4.35. The number of pyridine rings is 1. The van der Waals surface area contributed by atoms with Crippen LogP contribution < -0.4 is 5.32 Å². The zero-order chi connectivity index (χ0) is 30.4. The molecular weight excluding hydrogens is 583 g/mol. The van der Waals surface area contributed by atoms with E-state index < -0.39 is 54.6 Å². The van der Waals surface area contributed by atoms with Crippen molar-refractivity contribution < 1.29 is 39.4 Å². The van der Waals surface area contributed by atoms with Gasteiger partial charge in [-0.3, -0.25) is 14.3 Å². The Morgan fingerprint density at radius 3 is 2.44 bits per heavy atom. The number of aromatic nitrogens is 1. The molecule has 222 valence electrons. The lowest BCUT2D eigenvalue weighted by Gasteiger charge is -2.30. The Hall–Kier alpha value is -3.33. The van der Waals surface area contributed by atoms with Crippen LogP contribution in [0.5, 0.6) is 0 Å². The molecule has 0 radical (unpaired) electrons. The smallest absolute Gasteiger partial charge is 0.340 e.